The lowest BCUT2D eigenvalue weighted by atomic mass is 9.91. The zero-order chi connectivity index (χ0) is 16.7. The molecule has 0 fully saturated rings. The van der Waals surface area contributed by atoms with Crippen molar-refractivity contribution in [1.82, 2.24) is 0 Å². The van der Waals surface area contributed by atoms with Crippen LogP contribution in [-0.2, 0) is 6.42 Å². The Morgan fingerprint density at radius 3 is 2.39 bits per heavy atom. The van der Waals surface area contributed by atoms with E-state index in [2.05, 4.69) is 0 Å². The van der Waals surface area contributed by atoms with E-state index in [1.165, 1.54) is 6.07 Å². The molecule has 0 aliphatic carbocycles. The van der Waals surface area contributed by atoms with Gasteiger partial charge in [0.05, 0.1) is 13.2 Å². The molecular weight excluding hydrogens is 293 g/mol. The predicted octanol–water partition coefficient (Wildman–Crippen LogP) is 3.91. The van der Waals surface area contributed by atoms with Gasteiger partial charge in [-0.25, -0.2) is 4.39 Å². The Balaban J connectivity index is 2.33. The molecule has 3 nitrogen and oxygen atoms in total. The fourth-order valence-electron chi connectivity index (χ4n) is 2.69. The Kier molecular flexibility index (Phi) is 6.41. The van der Waals surface area contributed by atoms with E-state index in [-0.39, 0.29) is 11.7 Å². The molecule has 0 aliphatic heterocycles. The topological polar surface area (TPSA) is 44.5 Å². The first kappa shape index (κ1) is 17.3. The van der Waals surface area contributed by atoms with Crippen LogP contribution in [0, 0.1) is 5.82 Å². The molecule has 0 radical (unpaired) electrons. The van der Waals surface area contributed by atoms with E-state index in [4.69, 9.17) is 15.2 Å². The SMILES string of the molecule is CCOc1cccc(CC(CN)c2ccccc2F)c1OCC. The summed E-state index contributed by atoms with van der Waals surface area (Å²) in [6.07, 6.45) is 0.605. The van der Waals surface area contributed by atoms with Gasteiger partial charge in [-0.3, -0.25) is 0 Å². The maximum atomic E-state index is 14.1. The van der Waals surface area contributed by atoms with Gasteiger partial charge in [0, 0.05) is 5.92 Å². The fraction of sp³-hybridized carbons (Fsp3) is 0.368. The van der Waals surface area contributed by atoms with Gasteiger partial charge in [-0.05, 0) is 50.1 Å². The van der Waals surface area contributed by atoms with Gasteiger partial charge < -0.3 is 15.2 Å². The van der Waals surface area contributed by atoms with Crippen molar-refractivity contribution in [2.24, 2.45) is 5.73 Å². The minimum Gasteiger partial charge on any atom is -0.490 e. The van der Waals surface area contributed by atoms with Crippen molar-refractivity contribution in [2.45, 2.75) is 26.2 Å². The van der Waals surface area contributed by atoms with E-state index >= 15 is 0 Å². The largest absolute Gasteiger partial charge is 0.490 e. The average Bonchev–Trinajstić information content (AvgIpc) is 2.56. The Morgan fingerprint density at radius 2 is 1.74 bits per heavy atom. The van der Waals surface area contributed by atoms with Gasteiger partial charge in [0.15, 0.2) is 11.5 Å². The molecule has 1 atom stereocenters. The quantitative estimate of drug-likeness (QED) is 0.803. The molecule has 0 heterocycles. The summed E-state index contributed by atoms with van der Waals surface area (Å²) in [5, 5.41) is 0. The molecule has 0 aromatic heterocycles. The number of rotatable bonds is 8. The highest BCUT2D eigenvalue weighted by molar-refractivity contribution is 5.47. The highest BCUT2D eigenvalue weighted by Gasteiger charge is 2.19. The van der Waals surface area contributed by atoms with Gasteiger partial charge in [-0.1, -0.05) is 30.3 Å². The summed E-state index contributed by atoms with van der Waals surface area (Å²) in [6.45, 7) is 5.35. The van der Waals surface area contributed by atoms with Gasteiger partial charge in [0.1, 0.15) is 5.82 Å². The maximum absolute atomic E-state index is 14.1. The van der Waals surface area contributed by atoms with Crippen molar-refractivity contribution < 1.29 is 13.9 Å². The molecule has 0 saturated carbocycles. The molecule has 2 aromatic rings. The Labute approximate surface area is 137 Å². The first-order chi connectivity index (χ1) is 11.2. The lowest BCUT2D eigenvalue weighted by Crippen LogP contribution is -2.17. The van der Waals surface area contributed by atoms with Crippen molar-refractivity contribution in [3.8, 4) is 11.5 Å². The fourth-order valence-corrected chi connectivity index (χ4v) is 2.69. The van der Waals surface area contributed by atoms with Crippen LogP contribution < -0.4 is 15.2 Å². The Hall–Kier alpha value is -2.07. The second-order valence-corrected chi connectivity index (χ2v) is 5.27. The number of hydrogen-bond donors (Lipinski definition) is 1. The van der Waals surface area contributed by atoms with Crippen molar-refractivity contribution in [3.63, 3.8) is 0 Å². The van der Waals surface area contributed by atoms with Crippen LogP contribution in [0.3, 0.4) is 0 Å². The summed E-state index contributed by atoms with van der Waals surface area (Å²) in [6, 6.07) is 12.6. The van der Waals surface area contributed by atoms with Gasteiger partial charge >= 0.3 is 0 Å². The second-order valence-electron chi connectivity index (χ2n) is 5.27. The van der Waals surface area contributed by atoms with Gasteiger partial charge in [0.2, 0.25) is 0 Å². The minimum absolute atomic E-state index is 0.104. The van der Waals surface area contributed by atoms with Gasteiger partial charge in [-0.2, -0.15) is 0 Å². The van der Waals surface area contributed by atoms with E-state index in [0.717, 1.165) is 17.1 Å². The first-order valence-corrected chi connectivity index (χ1v) is 8.03. The van der Waals surface area contributed by atoms with Crippen LogP contribution in [0.1, 0.15) is 30.9 Å². The molecule has 0 amide bonds. The second kappa shape index (κ2) is 8.53. The molecular formula is C19H24FNO2. The Bertz CT molecular complexity index is 631. The lowest BCUT2D eigenvalue weighted by Gasteiger charge is -2.20. The minimum atomic E-state index is -0.220. The highest BCUT2D eigenvalue weighted by atomic mass is 19.1. The molecule has 0 aliphatic rings. The average molecular weight is 317 g/mol. The van der Waals surface area contributed by atoms with E-state index in [0.29, 0.717) is 31.7 Å². The van der Waals surface area contributed by atoms with Gasteiger partial charge in [0.25, 0.3) is 0 Å². The van der Waals surface area contributed by atoms with Crippen molar-refractivity contribution in [2.75, 3.05) is 19.8 Å². The molecule has 124 valence electrons. The molecule has 0 spiro atoms. The number of benzene rings is 2. The van der Waals surface area contributed by atoms with Crippen LogP contribution in [0.5, 0.6) is 11.5 Å². The molecule has 4 heteroatoms. The van der Waals surface area contributed by atoms with E-state index in [9.17, 15) is 4.39 Å². The monoisotopic (exact) mass is 317 g/mol. The molecule has 2 N–H and O–H groups in total. The van der Waals surface area contributed by atoms with Crippen LogP contribution in [0.15, 0.2) is 42.5 Å². The number of hydrogen-bond acceptors (Lipinski definition) is 3. The number of halogens is 1. The zero-order valence-corrected chi connectivity index (χ0v) is 13.7. The van der Waals surface area contributed by atoms with Crippen molar-refractivity contribution >= 4 is 0 Å². The third kappa shape index (κ3) is 4.23. The summed E-state index contributed by atoms with van der Waals surface area (Å²) in [5.41, 5.74) is 7.52. The number of nitrogens with two attached hydrogens (primary N) is 1. The van der Waals surface area contributed by atoms with E-state index in [1.54, 1.807) is 12.1 Å². The number of para-hydroxylation sites is 1. The third-order valence-electron chi connectivity index (χ3n) is 3.74. The normalized spacial score (nSPS) is 12.0. The smallest absolute Gasteiger partial charge is 0.164 e. The van der Waals surface area contributed by atoms with Crippen molar-refractivity contribution in [1.29, 1.82) is 0 Å². The molecule has 2 rings (SSSR count). The zero-order valence-electron chi connectivity index (χ0n) is 13.7. The lowest BCUT2D eigenvalue weighted by molar-refractivity contribution is 0.285. The first-order valence-electron chi connectivity index (χ1n) is 8.03. The highest BCUT2D eigenvalue weighted by Crippen LogP contribution is 2.35. The molecule has 23 heavy (non-hydrogen) atoms. The van der Waals surface area contributed by atoms with E-state index in [1.807, 2.05) is 38.1 Å². The Morgan fingerprint density at radius 1 is 1.00 bits per heavy atom. The number of ether oxygens (including phenoxy) is 2. The van der Waals surface area contributed by atoms with E-state index < -0.39 is 0 Å². The summed E-state index contributed by atoms with van der Waals surface area (Å²) in [4.78, 5) is 0. The van der Waals surface area contributed by atoms with Crippen LogP contribution in [0.25, 0.3) is 0 Å². The standard InChI is InChI=1S/C19H24FNO2/c1-3-22-18-11-7-8-14(19(18)23-4-2)12-15(13-21)16-9-5-6-10-17(16)20/h5-11,15H,3-4,12-13,21H2,1-2H3. The van der Waals surface area contributed by atoms with Crippen LogP contribution in [0.2, 0.25) is 0 Å². The van der Waals surface area contributed by atoms with Crippen LogP contribution in [-0.4, -0.2) is 19.8 Å². The predicted molar refractivity (Wildman–Crippen MR) is 90.7 cm³/mol. The summed E-state index contributed by atoms with van der Waals surface area (Å²) in [5.74, 6) is 1.12. The molecule has 0 saturated heterocycles. The van der Waals surface area contributed by atoms with Crippen LogP contribution >= 0.6 is 0 Å². The van der Waals surface area contributed by atoms with Gasteiger partial charge in [-0.15, -0.1) is 0 Å². The molecule has 2 aromatic carbocycles. The summed E-state index contributed by atoms with van der Waals surface area (Å²) < 4.78 is 25.5. The molecule has 1 unspecified atom stereocenters. The summed E-state index contributed by atoms with van der Waals surface area (Å²) in [7, 11) is 0. The third-order valence-corrected chi connectivity index (χ3v) is 3.74. The molecule has 0 bridgehead atoms. The summed E-state index contributed by atoms with van der Waals surface area (Å²) >= 11 is 0. The van der Waals surface area contributed by atoms with Crippen LogP contribution in [0.4, 0.5) is 4.39 Å². The maximum Gasteiger partial charge on any atom is 0.164 e. The van der Waals surface area contributed by atoms with Crippen molar-refractivity contribution in [3.05, 3.63) is 59.4 Å².